The van der Waals surface area contributed by atoms with E-state index >= 15 is 0 Å². The van der Waals surface area contributed by atoms with Gasteiger partial charge in [0.1, 0.15) is 17.6 Å². The molecule has 0 fully saturated rings. The molecule has 2 aromatic heterocycles. The van der Waals surface area contributed by atoms with Gasteiger partial charge in [0.2, 0.25) is 5.89 Å². The summed E-state index contributed by atoms with van der Waals surface area (Å²) in [6, 6.07) is 9.28. The maximum Gasteiger partial charge on any atom is 0.273 e. The first-order valence-corrected chi connectivity index (χ1v) is 8.03. The molecule has 2 heterocycles. The van der Waals surface area contributed by atoms with Gasteiger partial charge in [-0.25, -0.2) is 4.98 Å². The lowest BCUT2D eigenvalue weighted by atomic mass is 10.1. The SMILES string of the molecule is N#Cc1ncn(Cc2nc(CCc3ccc(Cl)cc3)no2)c(=O)c1Cl. The Morgan fingerprint density at radius 1 is 1.20 bits per heavy atom. The van der Waals surface area contributed by atoms with Crippen LogP contribution in [0.25, 0.3) is 0 Å². The first-order valence-electron chi connectivity index (χ1n) is 7.28. The summed E-state index contributed by atoms with van der Waals surface area (Å²) in [5, 5.41) is 13.2. The Kier molecular flexibility index (Phi) is 5.12. The molecule has 25 heavy (non-hydrogen) atoms. The first-order chi connectivity index (χ1) is 12.1. The van der Waals surface area contributed by atoms with Crippen molar-refractivity contribution in [3.05, 3.63) is 74.0 Å². The number of hydrogen-bond acceptors (Lipinski definition) is 6. The highest BCUT2D eigenvalue weighted by Crippen LogP contribution is 2.12. The molecule has 0 saturated carbocycles. The maximum absolute atomic E-state index is 12.0. The molecule has 0 unspecified atom stereocenters. The van der Waals surface area contributed by atoms with E-state index in [2.05, 4.69) is 15.1 Å². The van der Waals surface area contributed by atoms with E-state index in [0.717, 1.165) is 12.0 Å². The third-order valence-electron chi connectivity index (χ3n) is 3.45. The third-order valence-corrected chi connectivity index (χ3v) is 4.05. The van der Waals surface area contributed by atoms with E-state index in [4.69, 9.17) is 33.0 Å². The van der Waals surface area contributed by atoms with Crippen molar-refractivity contribution in [2.75, 3.05) is 0 Å². The number of nitriles is 1. The summed E-state index contributed by atoms with van der Waals surface area (Å²) in [5.74, 6) is 0.793. The Labute approximate surface area is 152 Å². The fraction of sp³-hybridized carbons (Fsp3) is 0.188. The molecule has 0 atom stereocenters. The molecule has 0 aliphatic carbocycles. The molecule has 0 aliphatic heterocycles. The minimum atomic E-state index is -0.533. The number of aromatic nitrogens is 4. The van der Waals surface area contributed by atoms with Gasteiger partial charge in [-0.3, -0.25) is 9.36 Å². The molecule has 0 amide bonds. The van der Waals surface area contributed by atoms with E-state index in [0.29, 0.717) is 17.3 Å². The van der Waals surface area contributed by atoms with E-state index in [1.54, 1.807) is 6.07 Å². The maximum atomic E-state index is 12.0. The smallest absolute Gasteiger partial charge is 0.273 e. The number of hydrogen-bond donors (Lipinski definition) is 0. The lowest BCUT2D eigenvalue weighted by Crippen LogP contribution is -2.22. The number of halogens is 2. The second kappa shape index (κ2) is 7.47. The summed E-state index contributed by atoms with van der Waals surface area (Å²) >= 11 is 11.7. The number of rotatable bonds is 5. The molecule has 0 aliphatic rings. The van der Waals surface area contributed by atoms with E-state index < -0.39 is 5.56 Å². The van der Waals surface area contributed by atoms with E-state index in [-0.39, 0.29) is 23.2 Å². The molecular weight excluding hydrogens is 365 g/mol. The predicted octanol–water partition coefficient (Wildman–Crippen LogP) is 2.64. The predicted molar refractivity (Wildman–Crippen MR) is 90.5 cm³/mol. The highest BCUT2D eigenvalue weighted by molar-refractivity contribution is 6.31. The molecule has 9 heteroatoms. The van der Waals surface area contributed by atoms with Crippen LogP contribution in [0.5, 0.6) is 0 Å². The van der Waals surface area contributed by atoms with Crippen LogP contribution in [-0.2, 0) is 19.4 Å². The standard InChI is InChI=1S/C16H11Cl2N5O2/c17-11-4-1-10(2-5-11)3-6-13-21-14(25-22-13)8-23-9-20-12(7-19)15(18)16(23)24/h1-2,4-5,9H,3,6,8H2. The minimum Gasteiger partial charge on any atom is -0.337 e. The molecule has 0 bridgehead atoms. The lowest BCUT2D eigenvalue weighted by Gasteiger charge is -2.02. The van der Waals surface area contributed by atoms with Crippen molar-refractivity contribution in [1.82, 2.24) is 19.7 Å². The molecule has 7 nitrogen and oxygen atoms in total. The molecule has 0 radical (unpaired) electrons. The highest BCUT2D eigenvalue weighted by Gasteiger charge is 2.12. The van der Waals surface area contributed by atoms with Crippen LogP contribution >= 0.6 is 23.2 Å². The van der Waals surface area contributed by atoms with Crippen molar-refractivity contribution >= 4 is 23.2 Å². The summed E-state index contributed by atoms with van der Waals surface area (Å²) in [7, 11) is 0. The Morgan fingerprint density at radius 3 is 2.68 bits per heavy atom. The topological polar surface area (TPSA) is 97.6 Å². The van der Waals surface area contributed by atoms with Crippen LogP contribution in [0.15, 0.2) is 39.9 Å². The summed E-state index contributed by atoms with van der Waals surface area (Å²) in [6.45, 7) is 0.0329. The number of aryl methyl sites for hydroxylation is 2. The molecule has 126 valence electrons. The van der Waals surface area contributed by atoms with Gasteiger partial charge >= 0.3 is 0 Å². The van der Waals surface area contributed by atoms with E-state index in [1.807, 2.05) is 24.3 Å². The van der Waals surface area contributed by atoms with Gasteiger partial charge < -0.3 is 4.52 Å². The average molecular weight is 376 g/mol. The Bertz CT molecular complexity index is 989. The second-order valence-electron chi connectivity index (χ2n) is 5.18. The third kappa shape index (κ3) is 4.05. The largest absolute Gasteiger partial charge is 0.337 e. The van der Waals surface area contributed by atoms with Gasteiger partial charge in [-0.2, -0.15) is 10.2 Å². The van der Waals surface area contributed by atoms with Crippen LogP contribution in [0.4, 0.5) is 0 Å². The lowest BCUT2D eigenvalue weighted by molar-refractivity contribution is 0.364. The summed E-state index contributed by atoms with van der Waals surface area (Å²) in [4.78, 5) is 20.1. The van der Waals surface area contributed by atoms with E-state index in [9.17, 15) is 4.79 Å². The van der Waals surface area contributed by atoms with Gasteiger partial charge in [-0.1, -0.05) is 40.5 Å². The van der Waals surface area contributed by atoms with Crippen molar-refractivity contribution < 1.29 is 4.52 Å². The molecule has 3 aromatic rings. The Balaban J connectivity index is 1.68. The first kappa shape index (κ1) is 17.1. The fourth-order valence-electron chi connectivity index (χ4n) is 2.16. The van der Waals surface area contributed by atoms with E-state index in [1.165, 1.54) is 10.9 Å². The monoisotopic (exact) mass is 375 g/mol. The number of nitrogens with zero attached hydrogens (tertiary/aromatic N) is 5. The van der Waals surface area contributed by atoms with Crippen molar-refractivity contribution in [2.24, 2.45) is 0 Å². The zero-order valence-electron chi connectivity index (χ0n) is 12.8. The molecule has 3 rings (SSSR count). The van der Waals surface area contributed by atoms with Gasteiger partial charge in [-0.15, -0.1) is 0 Å². The zero-order valence-corrected chi connectivity index (χ0v) is 14.3. The quantitative estimate of drug-likeness (QED) is 0.679. The summed E-state index contributed by atoms with van der Waals surface area (Å²) in [6.07, 6.45) is 2.55. The second-order valence-corrected chi connectivity index (χ2v) is 6.00. The highest BCUT2D eigenvalue weighted by atomic mass is 35.5. The van der Waals surface area contributed by atoms with Crippen LogP contribution in [0.2, 0.25) is 10.0 Å². The van der Waals surface area contributed by atoms with Crippen LogP contribution in [0, 0.1) is 11.3 Å². The Hall–Kier alpha value is -2.69. The van der Waals surface area contributed by atoms with Gasteiger partial charge in [0.25, 0.3) is 5.56 Å². The van der Waals surface area contributed by atoms with Crippen molar-refractivity contribution in [3.8, 4) is 6.07 Å². The molecule has 0 N–H and O–H groups in total. The summed E-state index contributed by atoms with van der Waals surface area (Å²) < 4.78 is 6.36. The van der Waals surface area contributed by atoms with Gasteiger partial charge in [0, 0.05) is 11.4 Å². The van der Waals surface area contributed by atoms with Crippen molar-refractivity contribution in [3.63, 3.8) is 0 Å². The van der Waals surface area contributed by atoms with Gasteiger partial charge in [-0.05, 0) is 24.1 Å². The molecule has 0 spiro atoms. The average Bonchev–Trinajstić information content (AvgIpc) is 3.06. The van der Waals surface area contributed by atoms with Crippen molar-refractivity contribution in [1.29, 1.82) is 5.26 Å². The molecule has 1 aromatic carbocycles. The number of benzene rings is 1. The van der Waals surface area contributed by atoms with Crippen molar-refractivity contribution in [2.45, 2.75) is 19.4 Å². The van der Waals surface area contributed by atoms with Gasteiger partial charge in [0.05, 0.1) is 6.33 Å². The zero-order chi connectivity index (χ0) is 17.8. The fourth-order valence-corrected chi connectivity index (χ4v) is 2.49. The molecular formula is C16H11Cl2N5O2. The van der Waals surface area contributed by atoms with Crippen LogP contribution in [-0.4, -0.2) is 19.7 Å². The minimum absolute atomic E-state index is 0.0329. The van der Waals surface area contributed by atoms with Crippen LogP contribution < -0.4 is 5.56 Å². The van der Waals surface area contributed by atoms with Crippen LogP contribution in [0.1, 0.15) is 23.0 Å². The Morgan fingerprint density at radius 2 is 1.96 bits per heavy atom. The van der Waals surface area contributed by atoms with Gasteiger partial charge in [0.15, 0.2) is 11.5 Å². The molecule has 0 saturated heterocycles. The summed E-state index contributed by atoms with van der Waals surface area (Å²) in [5.41, 5.74) is 0.460. The van der Waals surface area contributed by atoms with Crippen LogP contribution in [0.3, 0.4) is 0 Å². The normalized spacial score (nSPS) is 10.6.